The van der Waals surface area contributed by atoms with Crippen LogP contribution in [0, 0.1) is 17.5 Å². The molecule has 2 rings (SSSR count). The number of hydrogen-bond donors (Lipinski definition) is 2. The summed E-state index contributed by atoms with van der Waals surface area (Å²) in [5, 5.41) is 12.0. The van der Waals surface area contributed by atoms with Gasteiger partial charge < -0.3 is 15.2 Å². The number of carbonyl (C=O) groups is 1. The Morgan fingerprint density at radius 3 is 2.30 bits per heavy atom. The van der Waals surface area contributed by atoms with Crippen LogP contribution in [-0.2, 0) is 4.79 Å². The van der Waals surface area contributed by atoms with Crippen molar-refractivity contribution in [1.82, 2.24) is 5.32 Å². The highest BCUT2D eigenvalue weighted by atomic mass is 19.1. The van der Waals surface area contributed by atoms with E-state index in [1.54, 1.807) is 6.07 Å². The number of amides is 1. The van der Waals surface area contributed by atoms with Crippen molar-refractivity contribution < 1.29 is 27.8 Å². The highest BCUT2D eigenvalue weighted by Gasteiger charge is 2.18. The van der Waals surface area contributed by atoms with Gasteiger partial charge in [-0.1, -0.05) is 18.2 Å². The first-order valence-corrected chi connectivity index (χ1v) is 6.75. The predicted octanol–water partition coefficient (Wildman–Crippen LogP) is 2.33. The second kappa shape index (κ2) is 7.64. The number of hydrogen-bond acceptors (Lipinski definition) is 3. The monoisotopic (exact) mass is 325 g/mol. The molecule has 1 amide bonds. The maximum absolute atomic E-state index is 13.5. The van der Waals surface area contributed by atoms with Crippen LogP contribution in [0.1, 0.15) is 11.7 Å². The summed E-state index contributed by atoms with van der Waals surface area (Å²) in [6.45, 7) is -0.898. The summed E-state index contributed by atoms with van der Waals surface area (Å²) in [5.74, 6) is -3.19. The van der Waals surface area contributed by atoms with Gasteiger partial charge in [0.2, 0.25) is 0 Å². The summed E-state index contributed by atoms with van der Waals surface area (Å²) in [7, 11) is 0. The Labute approximate surface area is 130 Å². The zero-order valence-corrected chi connectivity index (χ0v) is 11.9. The van der Waals surface area contributed by atoms with Crippen LogP contribution in [0.15, 0.2) is 42.5 Å². The summed E-state index contributed by atoms with van der Waals surface area (Å²) >= 11 is 0. The van der Waals surface area contributed by atoms with E-state index < -0.39 is 48.2 Å². The standard InChI is InChI=1S/C16H14F3NO3/c17-10-4-1-2-7-14(10)23-9-15(22)20-8-13(21)16-11(18)5-3-6-12(16)19/h1-7,13,21H,8-9H2,(H,20,22). The van der Waals surface area contributed by atoms with Gasteiger partial charge in [-0.3, -0.25) is 4.79 Å². The highest BCUT2D eigenvalue weighted by Crippen LogP contribution is 2.20. The van der Waals surface area contributed by atoms with Crippen molar-refractivity contribution in [2.75, 3.05) is 13.2 Å². The minimum Gasteiger partial charge on any atom is -0.481 e. The first-order valence-electron chi connectivity index (χ1n) is 6.75. The van der Waals surface area contributed by atoms with Gasteiger partial charge in [-0.25, -0.2) is 13.2 Å². The fourth-order valence-electron chi connectivity index (χ4n) is 1.90. The molecular formula is C16H14F3NO3. The topological polar surface area (TPSA) is 58.6 Å². The lowest BCUT2D eigenvalue weighted by Crippen LogP contribution is -2.33. The van der Waals surface area contributed by atoms with Crippen LogP contribution in [0.2, 0.25) is 0 Å². The van der Waals surface area contributed by atoms with Gasteiger partial charge in [0.25, 0.3) is 5.91 Å². The fraction of sp³-hybridized carbons (Fsp3) is 0.188. The van der Waals surface area contributed by atoms with E-state index in [4.69, 9.17) is 4.74 Å². The van der Waals surface area contributed by atoms with Crippen LogP contribution in [0.4, 0.5) is 13.2 Å². The van der Waals surface area contributed by atoms with Crippen LogP contribution in [0.5, 0.6) is 5.75 Å². The van der Waals surface area contributed by atoms with E-state index in [1.165, 1.54) is 24.3 Å². The normalized spacial score (nSPS) is 11.8. The summed E-state index contributed by atoms with van der Waals surface area (Å²) in [6, 6.07) is 8.73. The third kappa shape index (κ3) is 4.46. The van der Waals surface area contributed by atoms with E-state index in [1.807, 2.05) is 0 Å². The molecule has 122 valence electrons. The molecule has 0 fully saturated rings. The van der Waals surface area contributed by atoms with Crippen molar-refractivity contribution in [3.05, 3.63) is 65.5 Å². The summed E-state index contributed by atoms with van der Waals surface area (Å²) in [4.78, 5) is 11.6. The summed E-state index contributed by atoms with van der Waals surface area (Å²) < 4.78 is 45.2. The Morgan fingerprint density at radius 2 is 1.65 bits per heavy atom. The summed E-state index contributed by atoms with van der Waals surface area (Å²) in [5.41, 5.74) is -0.525. The second-order valence-corrected chi connectivity index (χ2v) is 4.67. The second-order valence-electron chi connectivity index (χ2n) is 4.67. The van der Waals surface area contributed by atoms with E-state index in [2.05, 4.69) is 5.32 Å². The predicted molar refractivity (Wildman–Crippen MR) is 76.2 cm³/mol. The number of ether oxygens (including phenoxy) is 1. The van der Waals surface area contributed by atoms with Crippen LogP contribution < -0.4 is 10.1 Å². The van der Waals surface area contributed by atoms with Gasteiger partial charge in [-0.15, -0.1) is 0 Å². The minimum absolute atomic E-state index is 0.0941. The molecule has 0 aliphatic heterocycles. The van der Waals surface area contributed by atoms with Gasteiger partial charge >= 0.3 is 0 Å². The molecule has 1 atom stereocenters. The Bertz CT molecular complexity index is 674. The molecule has 0 heterocycles. The number of benzene rings is 2. The van der Waals surface area contributed by atoms with Gasteiger partial charge in [0.1, 0.15) is 17.7 Å². The molecular weight excluding hydrogens is 311 g/mol. The summed E-state index contributed by atoms with van der Waals surface area (Å²) in [6.07, 6.45) is -1.55. The number of aliphatic hydroxyl groups is 1. The van der Waals surface area contributed by atoms with Crippen molar-refractivity contribution in [3.63, 3.8) is 0 Å². The molecule has 0 saturated heterocycles. The Morgan fingerprint density at radius 1 is 1.04 bits per heavy atom. The largest absolute Gasteiger partial charge is 0.481 e. The van der Waals surface area contributed by atoms with Gasteiger partial charge in [0.05, 0.1) is 5.56 Å². The van der Waals surface area contributed by atoms with Crippen LogP contribution >= 0.6 is 0 Å². The van der Waals surface area contributed by atoms with Gasteiger partial charge in [-0.05, 0) is 24.3 Å². The maximum Gasteiger partial charge on any atom is 0.258 e. The molecule has 23 heavy (non-hydrogen) atoms. The molecule has 0 bridgehead atoms. The van der Waals surface area contributed by atoms with Crippen molar-refractivity contribution >= 4 is 5.91 Å². The van der Waals surface area contributed by atoms with Gasteiger partial charge in [0, 0.05) is 6.54 Å². The quantitative estimate of drug-likeness (QED) is 0.857. The maximum atomic E-state index is 13.5. The Balaban J connectivity index is 1.86. The van der Waals surface area contributed by atoms with Crippen molar-refractivity contribution in [2.24, 2.45) is 0 Å². The number of aliphatic hydroxyl groups excluding tert-OH is 1. The smallest absolute Gasteiger partial charge is 0.258 e. The lowest BCUT2D eigenvalue weighted by Gasteiger charge is -2.14. The van der Waals surface area contributed by atoms with Crippen LogP contribution in [0.25, 0.3) is 0 Å². The first-order chi connectivity index (χ1) is 11.0. The minimum atomic E-state index is -1.55. The molecule has 1 unspecified atom stereocenters. The molecule has 0 aliphatic carbocycles. The third-order valence-electron chi connectivity index (χ3n) is 3.02. The highest BCUT2D eigenvalue weighted by molar-refractivity contribution is 5.77. The molecule has 0 spiro atoms. The zero-order valence-electron chi connectivity index (χ0n) is 11.9. The molecule has 2 aromatic carbocycles. The molecule has 2 aromatic rings. The fourth-order valence-corrected chi connectivity index (χ4v) is 1.90. The van der Waals surface area contributed by atoms with Crippen LogP contribution in [0.3, 0.4) is 0 Å². The molecule has 0 radical (unpaired) electrons. The molecule has 4 nitrogen and oxygen atoms in total. The average molecular weight is 325 g/mol. The van der Waals surface area contributed by atoms with Crippen molar-refractivity contribution in [3.8, 4) is 5.75 Å². The van der Waals surface area contributed by atoms with Crippen molar-refractivity contribution in [1.29, 1.82) is 0 Å². The van der Waals surface area contributed by atoms with E-state index in [0.29, 0.717) is 0 Å². The van der Waals surface area contributed by atoms with E-state index in [-0.39, 0.29) is 5.75 Å². The number of halogens is 3. The van der Waals surface area contributed by atoms with E-state index in [0.717, 1.165) is 12.1 Å². The van der Waals surface area contributed by atoms with E-state index in [9.17, 15) is 23.1 Å². The molecule has 0 aliphatic rings. The van der Waals surface area contributed by atoms with Gasteiger partial charge in [-0.2, -0.15) is 0 Å². The number of nitrogens with one attached hydrogen (secondary N) is 1. The Hall–Kier alpha value is -2.54. The van der Waals surface area contributed by atoms with E-state index >= 15 is 0 Å². The number of para-hydroxylation sites is 1. The molecule has 0 saturated carbocycles. The Kier molecular flexibility index (Phi) is 5.59. The number of rotatable bonds is 6. The van der Waals surface area contributed by atoms with Crippen LogP contribution in [-0.4, -0.2) is 24.2 Å². The zero-order chi connectivity index (χ0) is 16.8. The SMILES string of the molecule is O=C(COc1ccccc1F)NCC(O)c1c(F)cccc1F. The lowest BCUT2D eigenvalue weighted by molar-refractivity contribution is -0.123. The molecule has 7 heteroatoms. The molecule has 2 N–H and O–H groups in total. The van der Waals surface area contributed by atoms with Gasteiger partial charge in [0.15, 0.2) is 18.2 Å². The van der Waals surface area contributed by atoms with Crippen molar-refractivity contribution in [2.45, 2.75) is 6.10 Å². The first kappa shape index (κ1) is 16.8. The number of carbonyl (C=O) groups excluding carboxylic acids is 1. The lowest BCUT2D eigenvalue weighted by atomic mass is 10.1. The molecule has 0 aromatic heterocycles. The average Bonchev–Trinajstić information content (AvgIpc) is 2.52. The third-order valence-corrected chi connectivity index (χ3v) is 3.02.